The van der Waals surface area contributed by atoms with Gasteiger partial charge in [0.15, 0.2) is 0 Å². The van der Waals surface area contributed by atoms with E-state index >= 15 is 4.39 Å². The minimum atomic E-state index is -2.30. The van der Waals surface area contributed by atoms with Gasteiger partial charge in [-0.25, -0.2) is 4.39 Å². The molecule has 2 aliphatic rings. The highest BCUT2D eigenvalue weighted by atomic mass is 19.1. The molecule has 1 aromatic heterocycles. The zero-order valence-corrected chi connectivity index (χ0v) is 27.5. The fourth-order valence-electron chi connectivity index (χ4n) is 6.26. The molecule has 0 bridgehead atoms. The zero-order chi connectivity index (χ0) is 33.6. The van der Waals surface area contributed by atoms with Gasteiger partial charge in [0.1, 0.15) is 17.6 Å². The number of piperazine rings is 1. The van der Waals surface area contributed by atoms with Gasteiger partial charge in [0.2, 0.25) is 17.5 Å². The van der Waals surface area contributed by atoms with Gasteiger partial charge in [0.05, 0.1) is 5.69 Å². The molecule has 1 saturated carbocycles. The highest BCUT2D eigenvalue weighted by molar-refractivity contribution is 6.02. The molecule has 3 atom stereocenters. The summed E-state index contributed by atoms with van der Waals surface area (Å²) in [7, 11) is 1.98. The van der Waals surface area contributed by atoms with E-state index in [0.29, 0.717) is 57.0 Å². The van der Waals surface area contributed by atoms with Crippen molar-refractivity contribution in [1.29, 1.82) is 0 Å². The van der Waals surface area contributed by atoms with Crippen molar-refractivity contribution in [3.63, 3.8) is 0 Å². The minimum Gasteiger partial charge on any atom is -0.363 e. The maximum atomic E-state index is 15.6. The van der Waals surface area contributed by atoms with Gasteiger partial charge in [0.25, 0.3) is 11.8 Å². The summed E-state index contributed by atoms with van der Waals surface area (Å²) < 4.78 is 17.1. The Bertz CT molecular complexity index is 1400. The summed E-state index contributed by atoms with van der Waals surface area (Å²) in [5.74, 6) is -3.65. The maximum Gasteiger partial charge on any atom is 0.277 e. The molecule has 1 saturated heterocycles. The Morgan fingerprint density at radius 1 is 1.07 bits per heavy atom. The van der Waals surface area contributed by atoms with Crippen molar-refractivity contribution in [2.75, 3.05) is 38.5 Å². The van der Waals surface area contributed by atoms with Gasteiger partial charge >= 0.3 is 0 Å². The molecule has 1 aromatic carbocycles. The lowest BCUT2D eigenvalue weighted by molar-refractivity contribution is -0.145. The average Bonchev–Trinajstić information content (AvgIpc) is 3.54. The monoisotopic (exact) mass is 641 g/mol. The molecule has 2 fully saturated rings. The highest BCUT2D eigenvalue weighted by Crippen LogP contribution is 2.36. The zero-order valence-electron chi connectivity index (χ0n) is 27.5. The highest BCUT2D eigenvalue weighted by Gasteiger charge is 2.47. The summed E-state index contributed by atoms with van der Waals surface area (Å²) in [6.45, 7) is 10.3. The van der Waals surface area contributed by atoms with Gasteiger partial charge in [-0.15, -0.1) is 0 Å². The summed E-state index contributed by atoms with van der Waals surface area (Å²) >= 11 is 0. The van der Waals surface area contributed by atoms with Crippen LogP contribution < -0.4 is 16.0 Å². The third-order valence-electron chi connectivity index (χ3n) is 9.49. The third-order valence-corrected chi connectivity index (χ3v) is 9.49. The van der Waals surface area contributed by atoms with E-state index in [1.165, 1.54) is 29.1 Å². The Morgan fingerprint density at radius 2 is 1.74 bits per heavy atom. The number of anilines is 1. The van der Waals surface area contributed by atoms with E-state index in [2.05, 4.69) is 32.9 Å². The van der Waals surface area contributed by atoms with E-state index < -0.39 is 41.2 Å². The molecule has 0 unspecified atom stereocenters. The lowest BCUT2D eigenvalue weighted by Gasteiger charge is -2.39. The van der Waals surface area contributed by atoms with Crippen molar-refractivity contribution in [2.45, 2.75) is 84.0 Å². The van der Waals surface area contributed by atoms with Crippen LogP contribution in [0.4, 0.5) is 10.1 Å². The molecule has 2 heterocycles. The number of hydrogen-bond donors (Lipinski definition) is 4. The molecular formula is C33H48FN7O5. The molecular weight excluding hydrogens is 593 g/mol. The van der Waals surface area contributed by atoms with Crippen molar-refractivity contribution in [3.8, 4) is 0 Å². The first-order valence-electron chi connectivity index (χ1n) is 16.3. The predicted molar refractivity (Wildman–Crippen MR) is 171 cm³/mol. The van der Waals surface area contributed by atoms with Crippen LogP contribution >= 0.6 is 0 Å². The predicted octanol–water partition coefficient (Wildman–Crippen LogP) is 2.70. The van der Waals surface area contributed by atoms with Crippen molar-refractivity contribution in [3.05, 3.63) is 47.5 Å². The van der Waals surface area contributed by atoms with Crippen molar-refractivity contribution in [1.82, 2.24) is 30.2 Å². The summed E-state index contributed by atoms with van der Waals surface area (Å²) in [4.78, 5) is 56.8. The van der Waals surface area contributed by atoms with Gasteiger partial charge in [-0.3, -0.25) is 23.9 Å². The van der Waals surface area contributed by atoms with E-state index in [0.717, 1.165) is 12.8 Å². The van der Waals surface area contributed by atoms with Gasteiger partial charge in [-0.1, -0.05) is 39.7 Å². The first-order valence-corrected chi connectivity index (χ1v) is 16.3. The van der Waals surface area contributed by atoms with Crippen LogP contribution in [-0.2, 0) is 20.9 Å². The van der Waals surface area contributed by atoms with Crippen LogP contribution in [0.1, 0.15) is 81.8 Å². The van der Waals surface area contributed by atoms with Gasteiger partial charge in [-0.2, -0.15) is 5.10 Å². The topological polar surface area (TPSA) is 149 Å². The molecule has 1 aliphatic heterocycles. The number of aliphatic hydroxyl groups is 1. The average molecular weight is 642 g/mol. The summed E-state index contributed by atoms with van der Waals surface area (Å²) in [5, 5.41) is 23.8. The maximum absolute atomic E-state index is 15.6. The molecule has 4 amide bonds. The molecule has 4 N–H and O–H groups in total. The number of carbonyl (C=O) groups is 4. The van der Waals surface area contributed by atoms with Crippen LogP contribution in [0.5, 0.6) is 0 Å². The Balaban J connectivity index is 1.55. The first-order chi connectivity index (χ1) is 21.9. The van der Waals surface area contributed by atoms with Crippen LogP contribution in [-0.4, -0.2) is 93.3 Å². The van der Waals surface area contributed by atoms with E-state index in [-0.39, 0.29) is 29.6 Å². The number of nitrogens with one attached hydrogen (secondary N) is 3. The molecule has 13 heteroatoms. The first kappa shape index (κ1) is 35.0. The second-order valence-corrected chi connectivity index (χ2v) is 12.7. The molecule has 0 spiro atoms. The fraction of sp³-hybridized carbons (Fsp3) is 0.606. The number of carbonyl (C=O) groups excluding carboxylic acids is 4. The van der Waals surface area contributed by atoms with Crippen LogP contribution in [0.25, 0.3) is 0 Å². The quantitative estimate of drug-likeness (QED) is 0.276. The van der Waals surface area contributed by atoms with E-state index in [1.807, 2.05) is 14.0 Å². The van der Waals surface area contributed by atoms with Crippen LogP contribution in [0.15, 0.2) is 30.5 Å². The third kappa shape index (κ3) is 7.92. The lowest BCUT2D eigenvalue weighted by atomic mass is 9.77. The smallest absolute Gasteiger partial charge is 0.277 e. The summed E-state index contributed by atoms with van der Waals surface area (Å²) in [5.41, 5.74) is -1.84. The Kier molecular flexibility index (Phi) is 11.5. The van der Waals surface area contributed by atoms with E-state index in [9.17, 15) is 24.3 Å². The SMILES string of the molecule is CCC(=O)N[C@@H](C(=O)N1CCN(C)CC1)[C@@H](C)c1ccc(NC(=O)[C@](O)(NC(=O)c2ccnn2CC)[C@H]2CC[C@H](C)CC2)c(F)c1. The van der Waals surface area contributed by atoms with Crippen molar-refractivity contribution >= 4 is 29.3 Å². The minimum absolute atomic E-state index is 0.184. The van der Waals surface area contributed by atoms with Gasteiger partial charge < -0.3 is 30.9 Å². The Morgan fingerprint density at radius 3 is 2.35 bits per heavy atom. The molecule has 4 rings (SSSR count). The van der Waals surface area contributed by atoms with E-state index in [1.54, 1.807) is 24.8 Å². The molecule has 0 radical (unpaired) electrons. The molecule has 46 heavy (non-hydrogen) atoms. The molecule has 2 aromatic rings. The van der Waals surface area contributed by atoms with Gasteiger partial charge in [-0.05, 0) is 56.5 Å². The van der Waals surface area contributed by atoms with Crippen molar-refractivity contribution < 1.29 is 28.7 Å². The standard InChI is InChI=1S/C33H48FN7O5/c1-6-28(42)37-29(31(44)40-18-16-39(5)17-19-40)22(4)23-10-13-26(25(34)20-23)36-32(45)33(46,24-11-8-21(3)9-12-24)38-30(43)27-14-15-35-41(27)7-2/h10,13-15,20-22,24,29,46H,6-9,11-12,16-19H2,1-5H3,(H,36,45)(H,37,42)(H,38,43)/t21-,22-,24-,29+,33-/m0/s1. The number of benzene rings is 1. The number of aryl methyl sites for hydroxylation is 1. The number of aromatic nitrogens is 2. The summed E-state index contributed by atoms with van der Waals surface area (Å²) in [6, 6.07) is 4.79. The second-order valence-electron chi connectivity index (χ2n) is 12.7. The fourth-order valence-corrected chi connectivity index (χ4v) is 6.26. The molecule has 12 nitrogen and oxygen atoms in total. The number of likely N-dealkylation sites (N-methyl/N-ethyl adjacent to an activating group) is 1. The van der Waals surface area contributed by atoms with Crippen LogP contribution in [0.2, 0.25) is 0 Å². The number of rotatable bonds is 11. The molecule has 252 valence electrons. The number of amides is 4. The van der Waals surface area contributed by atoms with Crippen LogP contribution in [0.3, 0.4) is 0 Å². The lowest BCUT2D eigenvalue weighted by Crippen LogP contribution is -2.62. The van der Waals surface area contributed by atoms with Crippen LogP contribution in [0, 0.1) is 17.7 Å². The van der Waals surface area contributed by atoms with Gasteiger partial charge in [0, 0.05) is 57.2 Å². The normalized spacial score (nSPS) is 21.5. The van der Waals surface area contributed by atoms with Crippen molar-refractivity contribution in [2.24, 2.45) is 11.8 Å². The molecule has 1 aliphatic carbocycles. The largest absolute Gasteiger partial charge is 0.363 e. The Labute approximate surface area is 270 Å². The summed E-state index contributed by atoms with van der Waals surface area (Å²) in [6.07, 6.45) is 4.21. The number of nitrogens with zero attached hydrogens (tertiary/aromatic N) is 4. The number of hydrogen-bond acceptors (Lipinski definition) is 7. The Hall–Kier alpha value is -3.84. The number of halogens is 1. The van der Waals surface area contributed by atoms with E-state index in [4.69, 9.17) is 0 Å². The second kappa shape index (κ2) is 15.2.